The molecule has 4 rings (SSSR count). The van der Waals surface area contributed by atoms with Crippen molar-refractivity contribution in [2.24, 2.45) is 0 Å². The molecule has 0 radical (unpaired) electrons. The molecule has 0 spiro atoms. The topological polar surface area (TPSA) is 76.2 Å². The zero-order valence-corrected chi connectivity index (χ0v) is 18.2. The summed E-state index contributed by atoms with van der Waals surface area (Å²) in [7, 11) is -2.28. The summed E-state index contributed by atoms with van der Waals surface area (Å²) in [6.45, 7) is 1.90. The minimum atomic E-state index is -3.62. The second-order valence-electron chi connectivity index (χ2n) is 7.26. The van der Waals surface area contributed by atoms with Crippen LogP contribution in [0.1, 0.15) is 17.2 Å². The van der Waals surface area contributed by atoms with Crippen LogP contribution < -0.4 is 4.74 Å². The predicted molar refractivity (Wildman–Crippen MR) is 112 cm³/mol. The summed E-state index contributed by atoms with van der Waals surface area (Å²) in [4.78, 5) is 14.7. The third-order valence-corrected chi connectivity index (χ3v) is 7.80. The highest BCUT2D eigenvalue weighted by atomic mass is 35.5. The fraction of sp³-hybridized carbons (Fsp3) is 0.381. The van der Waals surface area contributed by atoms with Crippen LogP contribution >= 0.6 is 11.6 Å². The molecule has 9 heteroatoms. The van der Waals surface area contributed by atoms with Crippen molar-refractivity contribution in [2.45, 2.75) is 17.4 Å². The van der Waals surface area contributed by atoms with Gasteiger partial charge < -0.3 is 9.47 Å². The van der Waals surface area contributed by atoms with Gasteiger partial charge in [-0.1, -0.05) is 29.8 Å². The summed E-state index contributed by atoms with van der Waals surface area (Å²) in [6.07, 6.45) is 0.713. The number of carbonyl (C=O) groups excluding carboxylic acids is 1. The first-order valence-electron chi connectivity index (χ1n) is 9.74. The van der Waals surface area contributed by atoms with Gasteiger partial charge in [-0.15, -0.1) is 0 Å². The van der Waals surface area contributed by atoms with Crippen molar-refractivity contribution in [1.82, 2.24) is 9.21 Å². The van der Waals surface area contributed by atoms with Gasteiger partial charge in [-0.3, -0.25) is 4.90 Å². The second-order valence-corrected chi connectivity index (χ2v) is 9.60. The van der Waals surface area contributed by atoms with Crippen LogP contribution in [0, 0.1) is 0 Å². The van der Waals surface area contributed by atoms with E-state index in [9.17, 15) is 13.2 Å². The number of ether oxygens (including phenoxy) is 2. The molecular formula is C21H23ClN2O5S. The standard InChI is InChI=1S/C21H23ClN2O5S/c1-28-21(25)20(17-4-2-3-5-18(17)22)23-9-11-24(12-10-23)30(26,27)16-6-7-19-15(14-16)8-13-29-19/h2-7,14,20H,8-13H2,1H3. The quantitative estimate of drug-likeness (QED) is 0.651. The normalized spacial score (nSPS) is 18.5. The number of fused-ring (bicyclic) bond motifs is 1. The molecule has 1 saturated heterocycles. The van der Waals surface area contributed by atoms with Crippen molar-refractivity contribution in [1.29, 1.82) is 0 Å². The Morgan fingerprint density at radius 1 is 1.13 bits per heavy atom. The molecule has 1 fully saturated rings. The molecule has 160 valence electrons. The van der Waals surface area contributed by atoms with Crippen LogP contribution in [0.2, 0.25) is 5.02 Å². The van der Waals surface area contributed by atoms with Crippen LogP contribution in [0.5, 0.6) is 5.75 Å². The zero-order valence-electron chi connectivity index (χ0n) is 16.6. The highest BCUT2D eigenvalue weighted by Crippen LogP contribution is 2.32. The number of piperazine rings is 1. The van der Waals surface area contributed by atoms with Crippen molar-refractivity contribution in [2.75, 3.05) is 39.9 Å². The largest absolute Gasteiger partial charge is 0.493 e. The van der Waals surface area contributed by atoms with Gasteiger partial charge in [0.25, 0.3) is 0 Å². The van der Waals surface area contributed by atoms with Gasteiger partial charge in [-0.2, -0.15) is 4.31 Å². The lowest BCUT2D eigenvalue weighted by atomic mass is 10.0. The van der Waals surface area contributed by atoms with Gasteiger partial charge in [-0.25, -0.2) is 13.2 Å². The maximum atomic E-state index is 13.1. The van der Waals surface area contributed by atoms with E-state index in [1.807, 2.05) is 11.0 Å². The predicted octanol–water partition coefficient (Wildman–Crippen LogP) is 2.50. The lowest BCUT2D eigenvalue weighted by molar-refractivity contribution is -0.147. The summed E-state index contributed by atoms with van der Waals surface area (Å²) in [6, 6.07) is 11.5. The third kappa shape index (κ3) is 3.92. The molecule has 30 heavy (non-hydrogen) atoms. The van der Waals surface area contributed by atoms with Gasteiger partial charge >= 0.3 is 5.97 Å². The number of esters is 1. The molecule has 0 amide bonds. The molecule has 7 nitrogen and oxygen atoms in total. The van der Waals surface area contributed by atoms with E-state index in [0.717, 1.165) is 11.3 Å². The van der Waals surface area contributed by atoms with E-state index in [2.05, 4.69) is 0 Å². The van der Waals surface area contributed by atoms with Gasteiger partial charge in [0.05, 0.1) is 18.6 Å². The van der Waals surface area contributed by atoms with E-state index >= 15 is 0 Å². The van der Waals surface area contributed by atoms with Crippen molar-refractivity contribution in [3.8, 4) is 5.75 Å². The number of hydrogen-bond donors (Lipinski definition) is 0. The number of hydrogen-bond acceptors (Lipinski definition) is 6. The van der Waals surface area contributed by atoms with Gasteiger partial charge in [0.2, 0.25) is 10.0 Å². The smallest absolute Gasteiger partial charge is 0.327 e. The molecule has 1 atom stereocenters. The van der Waals surface area contributed by atoms with E-state index in [0.29, 0.717) is 36.7 Å². The lowest BCUT2D eigenvalue weighted by Gasteiger charge is -2.37. The van der Waals surface area contributed by atoms with E-state index in [-0.39, 0.29) is 18.0 Å². The summed E-state index contributed by atoms with van der Waals surface area (Å²) in [5, 5.41) is 0.475. The fourth-order valence-corrected chi connectivity index (χ4v) is 5.67. The first-order valence-corrected chi connectivity index (χ1v) is 11.6. The Hall–Kier alpha value is -2.13. The maximum Gasteiger partial charge on any atom is 0.327 e. The van der Waals surface area contributed by atoms with Gasteiger partial charge in [-0.05, 0) is 35.4 Å². The maximum absolute atomic E-state index is 13.1. The minimum Gasteiger partial charge on any atom is -0.493 e. The number of benzene rings is 2. The Morgan fingerprint density at radius 2 is 1.87 bits per heavy atom. The molecule has 0 N–H and O–H groups in total. The van der Waals surface area contributed by atoms with Crippen LogP contribution in [0.4, 0.5) is 0 Å². The molecule has 1 unspecified atom stereocenters. The second kappa shape index (κ2) is 8.55. The number of carbonyl (C=O) groups is 1. The minimum absolute atomic E-state index is 0.272. The highest BCUT2D eigenvalue weighted by molar-refractivity contribution is 7.89. The van der Waals surface area contributed by atoms with Gasteiger partial charge in [0.15, 0.2) is 0 Å². The summed E-state index contributed by atoms with van der Waals surface area (Å²) >= 11 is 6.32. The SMILES string of the molecule is COC(=O)C(c1ccccc1Cl)N1CCN(S(=O)(=O)c2ccc3c(c2)CCO3)CC1. The van der Waals surface area contributed by atoms with Crippen molar-refractivity contribution < 1.29 is 22.7 Å². The number of rotatable bonds is 5. The molecule has 0 aromatic heterocycles. The van der Waals surface area contributed by atoms with E-state index in [1.54, 1.807) is 36.4 Å². The van der Waals surface area contributed by atoms with Crippen molar-refractivity contribution in [3.05, 3.63) is 58.6 Å². The molecule has 2 aromatic rings. The average Bonchev–Trinajstić information content (AvgIpc) is 3.23. The molecule has 0 saturated carbocycles. The Morgan fingerprint density at radius 3 is 2.57 bits per heavy atom. The zero-order chi connectivity index (χ0) is 21.3. The van der Waals surface area contributed by atoms with E-state index in [4.69, 9.17) is 21.1 Å². The first-order chi connectivity index (χ1) is 14.4. The number of nitrogens with zero attached hydrogens (tertiary/aromatic N) is 2. The van der Waals surface area contributed by atoms with Crippen molar-refractivity contribution >= 4 is 27.6 Å². The monoisotopic (exact) mass is 450 g/mol. The summed E-state index contributed by atoms with van der Waals surface area (Å²) in [5.41, 5.74) is 1.57. The summed E-state index contributed by atoms with van der Waals surface area (Å²) in [5.74, 6) is 0.331. The van der Waals surface area contributed by atoms with Crippen LogP contribution in [-0.4, -0.2) is 63.5 Å². The Kier molecular flexibility index (Phi) is 6.02. The molecule has 2 aromatic carbocycles. The van der Waals surface area contributed by atoms with Crippen LogP contribution in [0.3, 0.4) is 0 Å². The van der Waals surface area contributed by atoms with E-state index < -0.39 is 22.0 Å². The third-order valence-electron chi connectivity index (χ3n) is 5.56. The Bertz CT molecular complexity index is 1050. The molecule has 2 aliphatic heterocycles. The lowest BCUT2D eigenvalue weighted by Crippen LogP contribution is -2.51. The molecular weight excluding hydrogens is 428 g/mol. The molecule has 2 aliphatic rings. The van der Waals surface area contributed by atoms with Gasteiger partial charge in [0, 0.05) is 37.6 Å². The Balaban J connectivity index is 1.52. The van der Waals surface area contributed by atoms with Crippen LogP contribution in [-0.2, 0) is 26.0 Å². The van der Waals surface area contributed by atoms with Gasteiger partial charge in [0.1, 0.15) is 11.8 Å². The van der Waals surface area contributed by atoms with Crippen molar-refractivity contribution in [3.63, 3.8) is 0 Å². The fourth-order valence-electron chi connectivity index (χ4n) is 3.96. The average molecular weight is 451 g/mol. The molecule has 0 bridgehead atoms. The summed E-state index contributed by atoms with van der Waals surface area (Å²) < 4.78 is 38.2. The number of methoxy groups -OCH3 is 1. The van der Waals surface area contributed by atoms with Crippen LogP contribution in [0.25, 0.3) is 0 Å². The first kappa shape index (κ1) is 21.1. The highest BCUT2D eigenvalue weighted by Gasteiger charge is 2.36. The Labute approximate surface area is 181 Å². The molecule has 0 aliphatic carbocycles. The number of halogens is 1. The van der Waals surface area contributed by atoms with E-state index in [1.165, 1.54) is 11.4 Å². The number of sulfonamides is 1. The van der Waals surface area contributed by atoms with Crippen LogP contribution in [0.15, 0.2) is 47.4 Å². The molecule has 2 heterocycles.